The van der Waals surface area contributed by atoms with Crippen LogP contribution in [-0.2, 0) is 4.79 Å². The van der Waals surface area contributed by atoms with E-state index < -0.39 is 29.1 Å². The minimum Gasteiger partial charge on any atom is -0.497 e. The van der Waals surface area contributed by atoms with Crippen molar-refractivity contribution in [2.45, 2.75) is 56.8 Å². The van der Waals surface area contributed by atoms with Crippen molar-refractivity contribution in [1.29, 1.82) is 0 Å². The van der Waals surface area contributed by atoms with E-state index in [-0.39, 0.29) is 23.6 Å². The average molecular weight is 464 g/mol. The van der Waals surface area contributed by atoms with E-state index in [1.807, 2.05) is 0 Å². The van der Waals surface area contributed by atoms with Crippen molar-refractivity contribution >= 4 is 11.6 Å². The number of alkyl halides is 3. The van der Waals surface area contributed by atoms with Gasteiger partial charge in [-0.3, -0.25) is 19.8 Å². The molecule has 0 bridgehead atoms. The van der Waals surface area contributed by atoms with Crippen molar-refractivity contribution in [3.8, 4) is 5.75 Å². The Labute approximate surface area is 190 Å². The maximum Gasteiger partial charge on any atom is 0.471 e. The van der Waals surface area contributed by atoms with Crippen LogP contribution in [0.5, 0.6) is 5.75 Å². The Morgan fingerprint density at radius 1 is 1.09 bits per heavy atom. The van der Waals surface area contributed by atoms with Crippen LogP contribution in [0.2, 0.25) is 0 Å². The Balaban J connectivity index is 2.13. The number of halogens is 3. The fraction of sp³-hybridized carbons (Fsp3) is 0.458. The van der Waals surface area contributed by atoms with Crippen molar-refractivity contribution < 1.29 is 27.6 Å². The Bertz CT molecular complexity index is 929. The molecule has 3 rings (SSSR count). The van der Waals surface area contributed by atoms with Gasteiger partial charge in [-0.1, -0.05) is 62.4 Å². The van der Waals surface area contributed by atoms with Gasteiger partial charge in [-0.2, -0.15) is 13.2 Å². The second-order valence-corrected chi connectivity index (χ2v) is 8.32. The van der Waals surface area contributed by atoms with Crippen LogP contribution in [0.25, 0.3) is 0 Å². The molecule has 0 aliphatic heterocycles. The highest BCUT2D eigenvalue weighted by molar-refractivity contribution is 5.98. The molecule has 0 N–H and O–H groups in total. The predicted molar refractivity (Wildman–Crippen MR) is 118 cm³/mol. The number of benzene rings is 2. The van der Waals surface area contributed by atoms with E-state index in [9.17, 15) is 28.1 Å². The Morgan fingerprint density at radius 3 is 2.21 bits per heavy atom. The van der Waals surface area contributed by atoms with Gasteiger partial charge in [0.2, 0.25) is 6.04 Å². The molecule has 1 aliphatic carbocycles. The lowest BCUT2D eigenvalue weighted by atomic mass is 9.82. The third kappa shape index (κ3) is 6.03. The number of ether oxygens (including phenoxy) is 1. The second-order valence-electron chi connectivity index (χ2n) is 8.32. The summed E-state index contributed by atoms with van der Waals surface area (Å²) in [5, 5.41) is 12.3. The van der Waals surface area contributed by atoms with Crippen LogP contribution >= 0.6 is 0 Å². The van der Waals surface area contributed by atoms with Crippen molar-refractivity contribution in [3.63, 3.8) is 0 Å². The number of carbonyl (C=O) groups excluding carboxylic acids is 1. The van der Waals surface area contributed by atoms with Crippen LogP contribution in [0.3, 0.4) is 0 Å². The molecule has 0 heterocycles. The van der Waals surface area contributed by atoms with Gasteiger partial charge in [-0.15, -0.1) is 0 Å². The summed E-state index contributed by atoms with van der Waals surface area (Å²) in [6, 6.07) is 10.6. The van der Waals surface area contributed by atoms with Gasteiger partial charge < -0.3 is 4.74 Å². The fourth-order valence-electron chi connectivity index (χ4n) is 4.57. The van der Waals surface area contributed by atoms with E-state index >= 15 is 0 Å². The number of rotatable bonds is 8. The van der Waals surface area contributed by atoms with Crippen molar-refractivity contribution in [1.82, 2.24) is 0 Å². The molecule has 2 aromatic rings. The maximum atomic E-state index is 13.7. The Hall–Kier alpha value is -3.10. The SMILES string of the molecule is COc1ccc(N(C(=O)C(F)(F)F)[C@H](c2ccccc2)[C@H](CC2CCCCC2)[N+](=O)[O-])cc1. The average Bonchev–Trinajstić information content (AvgIpc) is 2.81. The van der Waals surface area contributed by atoms with E-state index in [1.54, 1.807) is 18.2 Å². The first kappa shape index (κ1) is 24.5. The lowest BCUT2D eigenvalue weighted by molar-refractivity contribution is -0.529. The highest BCUT2D eigenvalue weighted by Gasteiger charge is 2.50. The zero-order chi connectivity index (χ0) is 24.0. The Kier molecular flexibility index (Phi) is 7.94. The van der Waals surface area contributed by atoms with Crippen LogP contribution in [0, 0.1) is 16.0 Å². The maximum absolute atomic E-state index is 13.7. The molecule has 0 radical (unpaired) electrons. The molecule has 2 atom stereocenters. The van der Waals surface area contributed by atoms with Gasteiger partial charge in [0.05, 0.1) is 7.11 Å². The van der Waals surface area contributed by atoms with E-state index in [2.05, 4.69) is 0 Å². The van der Waals surface area contributed by atoms with Gasteiger partial charge >= 0.3 is 12.1 Å². The molecule has 9 heteroatoms. The molecule has 1 amide bonds. The monoisotopic (exact) mass is 464 g/mol. The molecule has 0 unspecified atom stereocenters. The number of nitrogens with zero attached hydrogens (tertiary/aromatic N) is 2. The molecule has 1 aliphatic rings. The van der Waals surface area contributed by atoms with Gasteiger partial charge in [-0.05, 0) is 35.7 Å². The normalized spacial score (nSPS) is 16.6. The van der Waals surface area contributed by atoms with Crippen molar-refractivity contribution in [2.75, 3.05) is 12.0 Å². The topological polar surface area (TPSA) is 72.7 Å². The largest absolute Gasteiger partial charge is 0.497 e. The summed E-state index contributed by atoms with van der Waals surface area (Å²) in [5.74, 6) is -1.72. The Morgan fingerprint density at radius 2 is 1.70 bits per heavy atom. The van der Waals surface area contributed by atoms with Gasteiger partial charge in [0.1, 0.15) is 11.8 Å². The van der Waals surface area contributed by atoms with Crippen molar-refractivity contribution in [3.05, 3.63) is 70.3 Å². The highest BCUT2D eigenvalue weighted by Crippen LogP contribution is 2.39. The number of methoxy groups -OCH3 is 1. The number of anilines is 1. The summed E-state index contributed by atoms with van der Waals surface area (Å²) in [6.07, 6.45) is -0.595. The molecule has 1 fully saturated rings. The third-order valence-corrected chi connectivity index (χ3v) is 6.17. The van der Waals surface area contributed by atoms with E-state index in [1.165, 1.54) is 43.5 Å². The van der Waals surface area contributed by atoms with Crippen LogP contribution < -0.4 is 9.64 Å². The summed E-state index contributed by atoms with van der Waals surface area (Å²) in [7, 11) is 1.41. The molecular weight excluding hydrogens is 437 g/mol. The predicted octanol–water partition coefficient (Wildman–Crippen LogP) is 5.95. The van der Waals surface area contributed by atoms with Gasteiger partial charge in [0.15, 0.2) is 0 Å². The zero-order valence-corrected chi connectivity index (χ0v) is 18.3. The van der Waals surface area contributed by atoms with Crippen molar-refractivity contribution in [2.24, 2.45) is 5.92 Å². The van der Waals surface area contributed by atoms with E-state index in [0.717, 1.165) is 32.1 Å². The summed E-state index contributed by atoms with van der Waals surface area (Å²) in [4.78, 5) is 25.0. The van der Waals surface area contributed by atoms with E-state index in [4.69, 9.17) is 4.74 Å². The minimum absolute atomic E-state index is 0.0269. The fourth-order valence-corrected chi connectivity index (χ4v) is 4.57. The molecule has 1 saturated carbocycles. The smallest absolute Gasteiger partial charge is 0.471 e. The molecule has 178 valence electrons. The standard InChI is InChI=1S/C24H27F3N2O4/c1-33-20-14-12-19(13-15-20)28(23(30)24(25,26)27)22(18-10-6-3-7-11-18)21(29(31)32)16-17-8-4-2-5-9-17/h3,6-7,10-15,17,21-22H,2,4-5,8-9,16H2,1H3/t21-,22+/m0/s1. The number of hydrogen-bond acceptors (Lipinski definition) is 4. The number of amides is 1. The number of carbonyl (C=O) groups is 1. The number of hydrogen-bond donors (Lipinski definition) is 0. The lowest BCUT2D eigenvalue weighted by Gasteiger charge is -2.35. The zero-order valence-electron chi connectivity index (χ0n) is 18.3. The quantitative estimate of drug-likeness (QED) is 0.358. The lowest BCUT2D eigenvalue weighted by Crippen LogP contribution is -2.49. The molecular formula is C24H27F3N2O4. The summed E-state index contributed by atoms with van der Waals surface area (Å²) >= 11 is 0. The molecule has 0 aromatic heterocycles. The van der Waals surface area contributed by atoms with Gasteiger partial charge in [0, 0.05) is 17.0 Å². The molecule has 6 nitrogen and oxygen atoms in total. The first-order valence-corrected chi connectivity index (χ1v) is 10.9. The van der Waals surface area contributed by atoms with Crippen LogP contribution in [-0.4, -0.2) is 30.2 Å². The van der Waals surface area contributed by atoms with Crippen LogP contribution in [0.1, 0.15) is 50.1 Å². The molecule has 2 aromatic carbocycles. The summed E-state index contributed by atoms with van der Waals surface area (Å²) in [6.45, 7) is 0. The second kappa shape index (κ2) is 10.7. The minimum atomic E-state index is -5.21. The van der Waals surface area contributed by atoms with Gasteiger partial charge in [-0.25, -0.2) is 0 Å². The first-order chi connectivity index (χ1) is 15.7. The van der Waals surface area contributed by atoms with Crippen LogP contribution in [0.4, 0.5) is 18.9 Å². The van der Waals surface area contributed by atoms with Crippen LogP contribution in [0.15, 0.2) is 54.6 Å². The molecule has 0 saturated heterocycles. The van der Waals surface area contributed by atoms with E-state index in [0.29, 0.717) is 10.6 Å². The molecule has 33 heavy (non-hydrogen) atoms. The highest BCUT2D eigenvalue weighted by atomic mass is 19.4. The first-order valence-electron chi connectivity index (χ1n) is 10.9. The number of nitro groups is 1. The third-order valence-electron chi connectivity index (χ3n) is 6.17. The molecule has 0 spiro atoms. The summed E-state index contributed by atoms with van der Waals surface area (Å²) < 4.78 is 46.3. The van der Waals surface area contributed by atoms with Gasteiger partial charge in [0.25, 0.3) is 0 Å². The summed E-state index contributed by atoms with van der Waals surface area (Å²) in [5.41, 5.74) is 0.200.